The minimum Gasteiger partial charge on any atom is -0.342 e. The summed E-state index contributed by atoms with van der Waals surface area (Å²) in [5.74, 6) is -0.839. The Labute approximate surface area is 104 Å². The van der Waals surface area contributed by atoms with Gasteiger partial charge < -0.3 is 4.52 Å². The molecule has 1 amide bonds. The molecule has 1 aromatic rings. The number of hydrogen-bond acceptors (Lipinski definition) is 5. The molecule has 98 valence electrons. The summed E-state index contributed by atoms with van der Waals surface area (Å²) in [6.45, 7) is 1.58. The van der Waals surface area contributed by atoms with Gasteiger partial charge in [-0.25, -0.2) is 9.63 Å². The Morgan fingerprint density at radius 1 is 1.50 bits per heavy atom. The number of nitrogens with zero attached hydrogens (tertiary/aromatic N) is 2. The molecular weight excluding hydrogens is 261 g/mol. The highest BCUT2D eigenvalue weighted by molar-refractivity contribution is 7.09. The van der Waals surface area contributed by atoms with Crippen molar-refractivity contribution >= 4 is 15.4 Å². The molecule has 1 N–H and O–H groups in total. The predicted octanol–water partition coefficient (Wildman–Crippen LogP) is -0.791. The van der Waals surface area contributed by atoms with E-state index in [9.17, 15) is 14.4 Å². The molecule has 18 heavy (non-hydrogen) atoms. The van der Waals surface area contributed by atoms with E-state index in [2.05, 4.69) is 4.98 Å². The van der Waals surface area contributed by atoms with Gasteiger partial charge >= 0.3 is 5.69 Å². The Kier molecular flexibility index (Phi) is 3.60. The van der Waals surface area contributed by atoms with E-state index < -0.39 is 23.4 Å². The van der Waals surface area contributed by atoms with Gasteiger partial charge in [-0.1, -0.05) is 0 Å². The molecule has 0 aromatic carbocycles. The Bertz CT molecular complexity index is 568. The molecule has 1 fully saturated rings. The third kappa shape index (κ3) is 2.22. The van der Waals surface area contributed by atoms with Crippen LogP contribution in [0.2, 0.25) is 0 Å². The normalized spacial score (nSPS) is 23.7. The summed E-state index contributed by atoms with van der Waals surface area (Å²) < 4.78 is 5.89. The van der Waals surface area contributed by atoms with Crippen LogP contribution in [0.3, 0.4) is 0 Å². The Morgan fingerprint density at radius 2 is 2.22 bits per heavy atom. The van der Waals surface area contributed by atoms with Crippen molar-refractivity contribution in [3.05, 3.63) is 33.1 Å². The summed E-state index contributed by atoms with van der Waals surface area (Å²) >= 11 is 0. The number of nitrogens with one attached hydrogen (secondary N) is 1. The monoisotopic (exact) mass is 273 g/mol. The second-order valence-corrected chi connectivity index (χ2v) is 4.15. The summed E-state index contributed by atoms with van der Waals surface area (Å²) in [4.78, 5) is 41.8. The summed E-state index contributed by atoms with van der Waals surface area (Å²) in [5.41, 5.74) is -1.13. The van der Waals surface area contributed by atoms with E-state index in [1.54, 1.807) is 6.92 Å². The second-order valence-electron chi connectivity index (χ2n) is 3.81. The summed E-state index contributed by atoms with van der Waals surface area (Å²) in [7, 11) is 2.00. The van der Waals surface area contributed by atoms with Crippen LogP contribution in [0.25, 0.3) is 0 Å². The minimum atomic E-state index is -0.790. The van der Waals surface area contributed by atoms with Crippen molar-refractivity contribution in [3.63, 3.8) is 0 Å². The molecule has 0 radical (unpaired) electrons. The fraction of sp³-hybridized carbons (Fsp3) is 0.444. The lowest BCUT2D eigenvalue weighted by Gasteiger charge is -2.16. The van der Waals surface area contributed by atoms with Crippen molar-refractivity contribution in [3.8, 4) is 0 Å². The average molecular weight is 273 g/mol. The van der Waals surface area contributed by atoms with Crippen LogP contribution < -0.4 is 11.2 Å². The summed E-state index contributed by atoms with van der Waals surface area (Å²) in [6.07, 6.45) is 0.503. The molecule has 0 aliphatic carbocycles. The van der Waals surface area contributed by atoms with Crippen molar-refractivity contribution in [2.24, 2.45) is 5.92 Å². The second kappa shape index (κ2) is 5.01. The van der Waals surface area contributed by atoms with Crippen LogP contribution in [-0.4, -0.2) is 27.3 Å². The van der Waals surface area contributed by atoms with Crippen LogP contribution in [0.1, 0.15) is 13.2 Å². The number of carbonyl (C=O) groups is 1. The molecule has 3 unspecified atom stereocenters. The molecule has 8 nitrogen and oxygen atoms in total. The topological polar surface area (TPSA) is 93.6 Å². The molecule has 1 aliphatic rings. The lowest BCUT2D eigenvalue weighted by Crippen LogP contribution is -2.33. The maximum absolute atomic E-state index is 11.8. The number of H-pyrrole nitrogens is 1. The number of hydroxylamine groups is 2. The first-order valence-corrected chi connectivity index (χ1v) is 5.63. The smallest absolute Gasteiger partial charge is 0.330 e. The SMILES string of the molecule is CC1C(=O)N(COP)OC1n1ccc(=O)[nH]c1=O. The molecular formula is C9H12N3O5P. The summed E-state index contributed by atoms with van der Waals surface area (Å²) in [6, 6.07) is 1.19. The van der Waals surface area contributed by atoms with Gasteiger partial charge in [0.25, 0.3) is 11.5 Å². The average Bonchev–Trinajstić information content (AvgIpc) is 2.58. The highest BCUT2D eigenvalue weighted by Crippen LogP contribution is 2.29. The molecule has 1 saturated heterocycles. The molecule has 2 heterocycles. The maximum atomic E-state index is 11.8. The molecule has 1 aromatic heterocycles. The number of rotatable bonds is 3. The van der Waals surface area contributed by atoms with Gasteiger partial charge in [0.2, 0.25) is 0 Å². The Balaban J connectivity index is 2.32. The zero-order valence-corrected chi connectivity index (χ0v) is 10.7. The molecule has 0 saturated carbocycles. The van der Waals surface area contributed by atoms with Crippen LogP contribution in [0.4, 0.5) is 0 Å². The van der Waals surface area contributed by atoms with Gasteiger partial charge in [-0.3, -0.25) is 19.1 Å². The molecule has 2 rings (SSSR count). The Hall–Kier alpha value is -1.50. The Morgan fingerprint density at radius 3 is 2.83 bits per heavy atom. The van der Waals surface area contributed by atoms with Crippen molar-refractivity contribution in [1.82, 2.24) is 14.6 Å². The van der Waals surface area contributed by atoms with Gasteiger partial charge in [-0.15, -0.1) is 0 Å². The van der Waals surface area contributed by atoms with E-state index in [0.29, 0.717) is 0 Å². The first-order chi connectivity index (χ1) is 8.54. The van der Waals surface area contributed by atoms with E-state index in [-0.39, 0.29) is 12.6 Å². The lowest BCUT2D eigenvalue weighted by atomic mass is 10.1. The number of aromatic nitrogens is 2. The minimum absolute atomic E-state index is 0.0531. The van der Waals surface area contributed by atoms with Crippen molar-refractivity contribution in [2.75, 3.05) is 6.73 Å². The third-order valence-corrected chi connectivity index (χ3v) is 2.76. The highest BCUT2D eigenvalue weighted by Gasteiger charge is 2.40. The quantitative estimate of drug-likeness (QED) is 0.728. The maximum Gasteiger partial charge on any atom is 0.330 e. The number of carbonyl (C=O) groups excluding carboxylic acids is 1. The van der Waals surface area contributed by atoms with Crippen molar-refractivity contribution < 1.29 is 14.2 Å². The zero-order chi connectivity index (χ0) is 13.3. The first-order valence-electron chi connectivity index (χ1n) is 5.16. The van der Waals surface area contributed by atoms with Gasteiger partial charge in [0, 0.05) is 21.7 Å². The van der Waals surface area contributed by atoms with E-state index in [0.717, 1.165) is 9.63 Å². The molecule has 0 spiro atoms. The van der Waals surface area contributed by atoms with Crippen LogP contribution in [0.15, 0.2) is 21.9 Å². The molecule has 3 atom stereocenters. The zero-order valence-electron chi connectivity index (χ0n) is 9.53. The third-order valence-electron chi connectivity index (χ3n) is 2.62. The predicted molar refractivity (Wildman–Crippen MR) is 63.1 cm³/mol. The number of aromatic amines is 1. The van der Waals surface area contributed by atoms with Gasteiger partial charge in [0.15, 0.2) is 6.23 Å². The van der Waals surface area contributed by atoms with E-state index in [1.807, 2.05) is 9.47 Å². The van der Waals surface area contributed by atoms with Crippen LogP contribution in [0, 0.1) is 5.92 Å². The van der Waals surface area contributed by atoms with Gasteiger partial charge in [0.05, 0.1) is 5.92 Å². The fourth-order valence-electron chi connectivity index (χ4n) is 1.70. The van der Waals surface area contributed by atoms with Gasteiger partial charge in [-0.05, 0) is 6.92 Å². The largest absolute Gasteiger partial charge is 0.342 e. The lowest BCUT2D eigenvalue weighted by molar-refractivity contribution is -0.202. The molecule has 0 bridgehead atoms. The fourth-order valence-corrected chi connectivity index (χ4v) is 1.84. The number of hydrogen-bond donors (Lipinski definition) is 1. The van der Waals surface area contributed by atoms with E-state index in [4.69, 9.17) is 9.36 Å². The van der Waals surface area contributed by atoms with Gasteiger partial charge in [0.1, 0.15) is 6.73 Å². The van der Waals surface area contributed by atoms with Crippen LogP contribution >= 0.6 is 9.47 Å². The van der Waals surface area contributed by atoms with Crippen molar-refractivity contribution in [1.29, 1.82) is 0 Å². The summed E-state index contributed by atoms with van der Waals surface area (Å²) in [5, 5.41) is 1.03. The van der Waals surface area contributed by atoms with Crippen LogP contribution in [0.5, 0.6) is 0 Å². The highest BCUT2D eigenvalue weighted by atomic mass is 31.0. The molecule has 9 heteroatoms. The van der Waals surface area contributed by atoms with Crippen LogP contribution in [-0.2, 0) is 14.2 Å². The van der Waals surface area contributed by atoms with Crippen molar-refractivity contribution in [2.45, 2.75) is 13.2 Å². The first kappa shape index (κ1) is 12.9. The molecule has 1 aliphatic heterocycles. The number of amides is 1. The van der Waals surface area contributed by atoms with E-state index in [1.165, 1.54) is 12.3 Å². The standard InChI is InChI=1S/C9H12N3O5P/c1-5-7(14)12(4-16-18)17-8(5)11-3-2-6(13)10-9(11)15/h2-3,5,8H,4,18H2,1H3,(H,10,13,15). The van der Waals surface area contributed by atoms with E-state index >= 15 is 0 Å². The van der Waals surface area contributed by atoms with Gasteiger partial charge in [-0.2, -0.15) is 5.06 Å².